The molecule has 0 bridgehead atoms. The lowest BCUT2D eigenvalue weighted by molar-refractivity contribution is 0.726. The fraction of sp³-hybridized carbons (Fsp3) is 0.545. The zero-order chi connectivity index (χ0) is 10.5. The van der Waals surface area contributed by atoms with Crippen LogP contribution < -0.4 is 4.90 Å². The Morgan fingerprint density at radius 3 is 2.60 bits per heavy atom. The van der Waals surface area contributed by atoms with E-state index in [1.807, 2.05) is 12.1 Å². The molecule has 0 radical (unpaired) electrons. The van der Waals surface area contributed by atoms with Crippen LogP contribution in [-0.2, 0) is 0 Å². The summed E-state index contributed by atoms with van der Waals surface area (Å²) in [6.07, 6.45) is 6.68. The van der Waals surface area contributed by atoms with Crippen molar-refractivity contribution < 1.29 is 0 Å². The highest BCUT2D eigenvalue weighted by Gasteiger charge is 2.11. The van der Waals surface area contributed by atoms with Gasteiger partial charge in [0, 0.05) is 19.3 Å². The maximum atomic E-state index is 8.72. The van der Waals surface area contributed by atoms with Crippen LogP contribution in [0.1, 0.15) is 31.5 Å². The molecule has 1 fully saturated rings. The van der Waals surface area contributed by atoms with E-state index in [-0.39, 0.29) is 5.82 Å². The average Bonchev–Trinajstić information content (AvgIpc) is 2.58. The Labute approximate surface area is 89.6 Å². The van der Waals surface area contributed by atoms with Crippen molar-refractivity contribution in [1.29, 1.82) is 5.26 Å². The zero-order valence-electron chi connectivity index (χ0n) is 8.69. The van der Waals surface area contributed by atoms with Crippen LogP contribution in [0.4, 0.5) is 5.82 Å². The molecule has 0 amide bonds. The maximum absolute atomic E-state index is 8.72. The van der Waals surface area contributed by atoms with Crippen molar-refractivity contribution in [3.8, 4) is 6.07 Å². The van der Waals surface area contributed by atoms with Crippen molar-refractivity contribution in [3.05, 3.63) is 18.1 Å². The Morgan fingerprint density at radius 2 is 1.93 bits per heavy atom. The molecule has 0 unspecified atom stereocenters. The van der Waals surface area contributed by atoms with E-state index in [0.29, 0.717) is 0 Å². The van der Waals surface area contributed by atoms with Crippen LogP contribution in [-0.4, -0.2) is 23.1 Å². The lowest BCUT2D eigenvalue weighted by Crippen LogP contribution is -2.25. The number of hydrogen-bond donors (Lipinski definition) is 0. The Balaban J connectivity index is 2.16. The second-order valence-electron chi connectivity index (χ2n) is 3.75. The van der Waals surface area contributed by atoms with Gasteiger partial charge in [-0.1, -0.05) is 12.8 Å². The van der Waals surface area contributed by atoms with E-state index in [9.17, 15) is 0 Å². The molecule has 0 saturated carbocycles. The van der Waals surface area contributed by atoms with Crippen LogP contribution in [0.2, 0.25) is 0 Å². The van der Waals surface area contributed by atoms with Gasteiger partial charge in [0.1, 0.15) is 11.9 Å². The molecule has 0 atom stereocenters. The van der Waals surface area contributed by atoms with Crippen molar-refractivity contribution in [2.24, 2.45) is 0 Å². The molecule has 4 heteroatoms. The Morgan fingerprint density at radius 1 is 1.20 bits per heavy atom. The van der Waals surface area contributed by atoms with Crippen molar-refractivity contribution in [2.75, 3.05) is 18.0 Å². The smallest absolute Gasteiger partial charge is 0.234 e. The molecule has 78 valence electrons. The number of aromatic nitrogens is 2. The van der Waals surface area contributed by atoms with Gasteiger partial charge in [0.05, 0.1) is 0 Å². The molecule has 4 nitrogen and oxygen atoms in total. The lowest BCUT2D eigenvalue weighted by atomic mass is 10.2. The fourth-order valence-electron chi connectivity index (χ4n) is 1.88. The van der Waals surface area contributed by atoms with Crippen molar-refractivity contribution in [3.63, 3.8) is 0 Å². The van der Waals surface area contributed by atoms with Gasteiger partial charge in [0.25, 0.3) is 0 Å². The third-order valence-corrected chi connectivity index (χ3v) is 2.67. The Bertz CT molecular complexity index is 361. The minimum Gasteiger partial charge on any atom is -0.356 e. The van der Waals surface area contributed by atoms with E-state index in [1.165, 1.54) is 25.7 Å². The van der Waals surface area contributed by atoms with E-state index in [2.05, 4.69) is 14.9 Å². The van der Waals surface area contributed by atoms with E-state index in [0.717, 1.165) is 18.9 Å². The molecule has 1 saturated heterocycles. The summed E-state index contributed by atoms with van der Waals surface area (Å²) in [4.78, 5) is 10.3. The molecule has 1 aliphatic heterocycles. The quantitative estimate of drug-likeness (QED) is 0.696. The SMILES string of the molecule is N#Cc1nccc(N2CCCCCC2)n1. The molecule has 1 aromatic rings. The summed E-state index contributed by atoms with van der Waals surface area (Å²) in [5.74, 6) is 1.15. The topological polar surface area (TPSA) is 52.8 Å². The molecule has 2 heterocycles. The van der Waals surface area contributed by atoms with Gasteiger partial charge in [-0.2, -0.15) is 5.26 Å². The standard InChI is InChI=1S/C11H14N4/c12-9-10-13-6-5-11(14-10)15-7-3-1-2-4-8-15/h5-6H,1-4,7-8H2. The van der Waals surface area contributed by atoms with E-state index in [1.54, 1.807) is 6.20 Å². The van der Waals surface area contributed by atoms with Gasteiger partial charge in [-0.05, 0) is 18.9 Å². The number of rotatable bonds is 1. The highest BCUT2D eigenvalue weighted by molar-refractivity contribution is 5.38. The normalized spacial score (nSPS) is 16.9. The monoisotopic (exact) mass is 202 g/mol. The lowest BCUT2D eigenvalue weighted by Gasteiger charge is -2.20. The van der Waals surface area contributed by atoms with Gasteiger partial charge in [-0.15, -0.1) is 0 Å². The van der Waals surface area contributed by atoms with Gasteiger partial charge in [-0.25, -0.2) is 9.97 Å². The molecular weight excluding hydrogens is 188 g/mol. The van der Waals surface area contributed by atoms with Crippen LogP contribution in [0, 0.1) is 11.3 Å². The van der Waals surface area contributed by atoms with Gasteiger partial charge in [0.15, 0.2) is 0 Å². The molecule has 0 N–H and O–H groups in total. The van der Waals surface area contributed by atoms with Crippen LogP contribution in [0.3, 0.4) is 0 Å². The third kappa shape index (κ3) is 2.44. The number of nitrogens with zero attached hydrogens (tertiary/aromatic N) is 4. The molecule has 1 aliphatic rings. The number of nitriles is 1. The summed E-state index contributed by atoms with van der Waals surface area (Å²) in [6.45, 7) is 2.09. The van der Waals surface area contributed by atoms with Crippen LogP contribution in [0.15, 0.2) is 12.3 Å². The summed E-state index contributed by atoms with van der Waals surface area (Å²) in [6, 6.07) is 3.85. The highest BCUT2D eigenvalue weighted by atomic mass is 15.2. The Hall–Kier alpha value is -1.63. The minimum atomic E-state index is 0.261. The van der Waals surface area contributed by atoms with E-state index in [4.69, 9.17) is 5.26 Å². The largest absolute Gasteiger partial charge is 0.356 e. The summed E-state index contributed by atoms with van der Waals surface area (Å²) in [5.41, 5.74) is 0. The van der Waals surface area contributed by atoms with Gasteiger partial charge in [-0.3, -0.25) is 0 Å². The summed E-state index contributed by atoms with van der Waals surface area (Å²) >= 11 is 0. The second kappa shape index (κ2) is 4.74. The number of hydrogen-bond acceptors (Lipinski definition) is 4. The van der Waals surface area contributed by atoms with Crippen LogP contribution in [0.25, 0.3) is 0 Å². The molecule has 15 heavy (non-hydrogen) atoms. The first-order chi connectivity index (χ1) is 7.40. The first kappa shape index (κ1) is 9.91. The summed E-state index contributed by atoms with van der Waals surface area (Å²) in [7, 11) is 0. The predicted molar refractivity (Wildman–Crippen MR) is 57.4 cm³/mol. The summed E-state index contributed by atoms with van der Waals surface area (Å²) in [5, 5.41) is 8.72. The zero-order valence-corrected chi connectivity index (χ0v) is 8.69. The van der Waals surface area contributed by atoms with Gasteiger partial charge < -0.3 is 4.90 Å². The van der Waals surface area contributed by atoms with Crippen LogP contribution >= 0.6 is 0 Å². The maximum Gasteiger partial charge on any atom is 0.234 e. The predicted octanol–water partition coefficient (Wildman–Crippen LogP) is 1.73. The van der Waals surface area contributed by atoms with E-state index >= 15 is 0 Å². The average molecular weight is 202 g/mol. The fourth-order valence-corrected chi connectivity index (χ4v) is 1.88. The minimum absolute atomic E-state index is 0.261. The van der Waals surface area contributed by atoms with E-state index < -0.39 is 0 Å². The van der Waals surface area contributed by atoms with Gasteiger partial charge >= 0.3 is 0 Å². The first-order valence-corrected chi connectivity index (χ1v) is 5.38. The molecule has 0 aromatic carbocycles. The van der Waals surface area contributed by atoms with Gasteiger partial charge in [0.2, 0.25) is 5.82 Å². The van der Waals surface area contributed by atoms with Crippen molar-refractivity contribution >= 4 is 5.82 Å². The van der Waals surface area contributed by atoms with Crippen molar-refractivity contribution in [2.45, 2.75) is 25.7 Å². The molecule has 2 rings (SSSR count). The molecular formula is C11H14N4. The Kier molecular flexibility index (Phi) is 3.13. The molecule has 0 aliphatic carbocycles. The second-order valence-corrected chi connectivity index (χ2v) is 3.75. The highest BCUT2D eigenvalue weighted by Crippen LogP contribution is 2.16. The van der Waals surface area contributed by atoms with Crippen LogP contribution in [0.5, 0.6) is 0 Å². The summed E-state index contributed by atoms with van der Waals surface area (Å²) < 4.78 is 0. The van der Waals surface area contributed by atoms with Crippen molar-refractivity contribution in [1.82, 2.24) is 9.97 Å². The first-order valence-electron chi connectivity index (χ1n) is 5.38. The third-order valence-electron chi connectivity index (χ3n) is 2.67. The molecule has 1 aromatic heterocycles. The molecule has 0 spiro atoms. The number of anilines is 1.